The van der Waals surface area contributed by atoms with Crippen molar-refractivity contribution in [2.75, 3.05) is 7.11 Å². The number of carbonyl (C=O) groups is 1. The van der Waals surface area contributed by atoms with Gasteiger partial charge in [-0.15, -0.1) is 0 Å². The minimum atomic E-state index is -0.138. The van der Waals surface area contributed by atoms with E-state index in [1.165, 1.54) is 11.1 Å². The summed E-state index contributed by atoms with van der Waals surface area (Å²) in [4.78, 5) is 17.4. The van der Waals surface area contributed by atoms with Crippen LogP contribution in [0.5, 0.6) is 5.75 Å². The van der Waals surface area contributed by atoms with E-state index in [2.05, 4.69) is 61.0 Å². The van der Waals surface area contributed by atoms with Crippen LogP contribution in [-0.4, -0.2) is 22.6 Å². The molecule has 0 unspecified atom stereocenters. The largest absolute Gasteiger partial charge is 0.497 e. The molecule has 0 spiro atoms. The van der Waals surface area contributed by atoms with Crippen molar-refractivity contribution >= 4 is 16.9 Å². The van der Waals surface area contributed by atoms with Crippen LogP contribution in [0.2, 0.25) is 0 Å². The standard InChI is InChI=1S/C27H29N3O2/c1-27(2,3)21-13-9-19(10-14-21)18-30-24-8-6-5-7-23(24)29-25(30)17-28-26(31)20-11-15-22(32-4)16-12-20/h5-16H,17-18H2,1-4H3,(H,28,31). The van der Waals surface area contributed by atoms with Gasteiger partial charge in [0.2, 0.25) is 0 Å². The topological polar surface area (TPSA) is 56.1 Å². The highest BCUT2D eigenvalue weighted by Gasteiger charge is 2.15. The normalized spacial score (nSPS) is 11.5. The Labute approximate surface area is 189 Å². The molecule has 0 atom stereocenters. The second-order valence-corrected chi connectivity index (χ2v) is 8.96. The summed E-state index contributed by atoms with van der Waals surface area (Å²) >= 11 is 0. The van der Waals surface area contributed by atoms with Crippen molar-refractivity contribution < 1.29 is 9.53 Å². The molecule has 0 saturated carbocycles. The molecule has 1 N–H and O–H groups in total. The number of imidazole rings is 1. The number of rotatable bonds is 6. The van der Waals surface area contributed by atoms with Gasteiger partial charge in [0.15, 0.2) is 0 Å². The minimum Gasteiger partial charge on any atom is -0.497 e. The number of nitrogens with one attached hydrogen (secondary N) is 1. The summed E-state index contributed by atoms with van der Waals surface area (Å²) in [5, 5.41) is 3.01. The Bertz CT molecular complexity index is 1220. The van der Waals surface area contributed by atoms with Gasteiger partial charge in [0.25, 0.3) is 5.91 Å². The van der Waals surface area contributed by atoms with Gasteiger partial charge in [-0.1, -0.05) is 57.2 Å². The maximum Gasteiger partial charge on any atom is 0.251 e. The van der Waals surface area contributed by atoms with Crippen molar-refractivity contribution in [1.29, 1.82) is 0 Å². The lowest BCUT2D eigenvalue weighted by Crippen LogP contribution is -2.24. The molecule has 0 radical (unpaired) electrons. The molecule has 0 fully saturated rings. The molecule has 0 aliphatic carbocycles. The molecule has 0 aliphatic heterocycles. The maximum atomic E-state index is 12.6. The van der Waals surface area contributed by atoms with Gasteiger partial charge in [-0.25, -0.2) is 4.98 Å². The second kappa shape index (κ2) is 8.87. The Kier molecular flexibility index (Phi) is 5.99. The third kappa shape index (κ3) is 4.67. The Balaban J connectivity index is 1.56. The number of hydrogen-bond donors (Lipinski definition) is 1. The first kappa shape index (κ1) is 21.6. The molecule has 3 aromatic carbocycles. The monoisotopic (exact) mass is 427 g/mol. The fourth-order valence-electron chi connectivity index (χ4n) is 3.73. The zero-order valence-electron chi connectivity index (χ0n) is 19.1. The highest BCUT2D eigenvalue weighted by atomic mass is 16.5. The molecule has 4 aromatic rings. The first-order chi connectivity index (χ1) is 15.3. The quantitative estimate of drug-likeness (QED) is 0.453. The van der Waals surface area contributed by atoms with Gasteiger partial charge in [-0.2, -0.15) is 0 Å². The van der Waals surface area contributed by atoms with E-state index in [9.17, 15) is 4.79 Å². The number of nitrogens with zero attached hydrogens (tertiary/aromatic N) is 2. The number of amides is 1. The number of ether oxygens (including phenoxy) is 1. The summed E-state index contributed by atoms with van der Waals surface area (Å²) in [6.45, 7) is 7.69. The van der Waals surface area contributed by atoms with Crippen molar-refractivity contribution in [1.82, 2.24) is 14.9 Å². The number of hydrogen-bond acceptors (Lipinski definition) is 3. The fourth-order valence-corrected chi connectivity index (χ4v) is 3.73. The van der Waals surface area contributed by atoms with E-state index in [1.54, 1.807) is 31.4 Å². The van der Waals surface area contributed by atoms with E-state index in [0.717, 1.165) is 22.6 Å². The predicted molar refractivity (Wildman–Crippen MR) is 128 cm³/mol. The first-order valence-corrected chi connectivity index (χ1v) is 10.8. The number of fused-ring (bicyclic) bond motifs is 1. The molecule has 0 aliphatic rings. The molecular formula is C27H29N3O2. The third-order valence-electron chi connectivity index (χ3n) is 5.65. The summed E-state index contributed by atoms with van der Waals surface area (Å²) in [6.07, 6.45) is 0. The van der Waals surface area contributed by atoms with Gasteiger partial charge in [-0.05, 0) is 52.9 Å². The highest BCUT2D eigenvalue weighted by molar-refractivity contribution is 5.94. The molecule has 1 amide bonds. The summed E-state index contributed by atoms with van der Waals surface area (Å²) in [5.41, 5.74) is 5.20. The molecule has 164 valence electrons. The van der Waals surface area contributed by atoms with E-state index in [-0.39, 0.29) is 11.3 Å². The van der Waals surface area contributed by atoms with Gasteiger partial charge in [0.1, 0.15) is 11.6 Å². The van der Waals surface area contributed by atoms with E-state index in [1.807, 2.05) is 18.2 Å². The molecule has 0 saturated heterocycles. The summed E-state index contributed by atoms with van der Waals surface area (Å²) in [7, 11) is 1.61. The third-order valence-corrected chi connectivity index (χ3v) is 5.65. The fraction of sp³-hybridized carbons (Fsp3) is 0.259. The summed E-state index contributed by atoms with van der Waals surface area (Å²) in [6, 6.07) is 23.9. The van der Waals surface area contributed by atoms with Crippen molar-refractivity contribution in [2.45, 2.75) is 39.3 Å². The second-order valence-electron chi connectivity index (χ2n) is 8.96. The predicted octanol–water partition coefficient (Wildman–Crippen LogP) is 5.32. The molecule has 5 heteroatoms. The molecule has 5 nitrogen and oxygen atoms in total. The molecule has 1 heterocycles. The van der Waals surface area contributed by atoms with Crippen LogP contribution in [0.1, 0.15) is 48.1 Å². The molecule has 4 rings (SSSR count). The molecular weight excluding hydrogens is 398 g/mol. The summed E-state index contributed by atoms with van der Waals surface area (Å²) < 4.78 is 7.34. The zero-order chi connectivity index (χ0) is 22.7. The average Bonchev–Trinajstić information content (AvgIpc) is 3.14. The van der Waals surface area contributed by atoms with E-state index in [4.69, 9.17) is 9.72 Å². The number of para-hydroxylation sites is 2. The van der Waals surface area contributed by atoms with Crippen molar-refractivity contribution in [3.05, 3.63) is 95.3 Å². The maximum absolute atomic E-state index is 12.6. The zero-order valence-corrected chi connectivity index (χ0v) is 19.1. The van der Waals surface area contributed by atoms with Crippen molar-refractivity contribution in [3.8, 4) is 5.75 Å². The average molecular weight is 428 g/mol. The minimum absolute atomic E-state index is 0.122. The van der Waals surface area contributed by atoms with Crippen LogP contribution in [0.25, 0.3) is 11.0 Å². The van der Waals surface area contributed by atoms with Crippen LogP contribution in [0.15, 0.2) is 72.8 Å². The van der Waals surface area contributed by atoms with Gasteiger partial charge in [0.05, 0.1) is 24.7 Å². The Hall–Kier alpha value is -3.60. The Morgan fingerprint density at radius 3 is 2.31 bits per heavy atom. The lowest BCUT2D eigenvalue weighted by atomic mass is 9.87. The van der Waals surface area contributed by atoms with Crippen LogP contribution < -0.4 is 10.1 Å². The van der Waals surface area contributed by atoms with Crippen LogP contribution in [0.4, 0.5) is 0 Å². The Morgan fingerprint density at radius 1 is 0.969 bits per heavy atom. The lowest BCUT2D eigenvalue weighted by Gasteiger charge is -2.19. The van der Waals surface area contributed by atoms with Gasteiger partial charge in [0, 0.05) is 12.1 Å². The van der Waals surface area contributed by atoms with Gasteiger partial charge < -0.3 is 14.6 Å². The van der Waals surface area contributed by atoms with Crippen LogP contribution in [0, 0.1) is 0 Å². The van der Waals surface area contributed by atoms with Crippen LogP contribution >= 0.6 is 0 Å². The van der Waals surface area contributed by atoms with Gasteiger partial charge in [-0.3, -0.25) is 4.79 Å². The van der Waals surface area contributed by atoms with E-state index in [0.29, 0.717) is 18.7 Å². The molecule has 1 aromatic heterocycles. The smallest absolute Gasteiger partial charge is 0.251 e. The lowest BCUT2D eigenvalue weighted by molar-refractivity contribution is 0.0949. The summed E-state index contributed by atoms with van der Waals surface area (Å²) in [5.74, 6) is 1.41. The number of benzene rings is 3. The van der Waals surface area contributed by atoms with E-state index < -0.39 is 0 Å². The SMILES string of the molecule is COc1ccc(C(=O)NCc2nc3ccccc3n2Cc2ccc(C(C)(C)C)cc2)cc1. The number of aromatic nitrogens is 2. The molecule has 0 bridgehead atoms. The van der Waals surface area contributed by atoms with Crippen molar-refractivity contribution in [3.63, 3.8) is 0 Å². The molecule has 32 heavy (non-hydrogen) atoms. The van der Waals surface area contributed by atoms with Crippen molar-refractivity contribution in [2.24, 2.45) is 0 Å². The Morgan fingerprint density at radius 2 is 1.66 bits per heavy atom. The number of carbonyl (C=O) groups excluding carboxylic acids is 1. The van der Waals surface area contributed by atoms with Gasteiger partial charge >= 0.3 is 0 Å². The van der Waals surface area contributed by atoms with E-state index >= 15 is 0 Å². The number of methoxy groups -OCH3 is 1. The highest BCUT2D eigenvalue weighted by Crippen LogP contribution is 2.24. The van der Waals surface area contributed by atoms with Crippen LogP contribution in [-0.2, 0) is 18.5 Å². The van der Waals surface area contributed by atoms with Crippen LogP contribution in [0.3, 0.4) is 0 Å². The first-order valence-electron chi connectivity index (χ1n) is 10.8.